The summed E-state index contributed by atoms with van der Waals surface area (Å²) in [6.07, 6.45) is 0.466. The van der Waals surface area contributed by atoms with E-state index >= 15 is 0 Å². The van der Waals surface area contributed by atoms with Crippen molar-refractivity contribution >= 4 is 28.9 Å². The van der Waals surface area contributed by atoms with Gasteiger partial charge in [0.05, 0.1) is 15.6 Å². The Morgan fingerprint density at radius 3 is 2.82 bits per heavy atom. The summed E-state index contributed by atoms with van der Waals surface area (Å²) in [6.45, 7) is -0.0872. The van der Waals surface area contributed by atoms with Crippen LogP contribution in [-0.4, -0.2) is 22.5 Å². The Bertz CT molecular complexity index is 436. The molecule has 0 saturated carbocycles. The van der Waals surface area contributed by atoms with E-state index < -0.39 is 4.92 Å². The number of nitrogens with zero attached hydrogens (tertiary/aromatic N) is 1. The summed E-state index contributed by atoms with van der Waals surface area (Å²) < 4.78 is 0. The zero-order chi connectivity index (χ0) is 12.8. The van der Waals surface area contributed by atoms with Gasteiger partial charge in [-0.25, -0.2) is 0 Å². The second kappa shape index (κ2) is 6.17. The van der Waals surface area contributed by atoms with Crippen molar-refractivity contribution in [1.29, 1.82) is 0 Å². The van der Waals surface area contributed by atoms with Crippen molar-refractivity contribution in [1.82, 2.24) is 0 Å². The molecule has 1 amide bonds. The molecule has 6 nitrogen and oxygen atoms in total. The quantitative estimate of drug-likeness (QED) is 0.624. The molecule has 17 heavy (non-hydrogen) atoms. The molecule has 0 bridgehead atoms. The summed E-state index contributed by atoms with van der Waals surface area (Å²) >= 11 is 5.79. The molecule has 7 heteroatoms. The van der Waals surface area contributed by atoms with E-state index in [1.807, 2.05) is 0 Å². The van der Waals surface area contributed by atoms with Crippen LogP contribution in [-0.2, 0) is 4.79 Å². The van der Waals surface area contributed by atoms with E-state index in [0.717, 1.165) is 0 Å². The van der Waals surface area contributed by atoms with Crippen LogP contribution in [0.5, 0.6) is 0 Å². The summed E-state index contributed by atoms with van der Waals surface area (Å²) in [5.74, 6) is -0.346. The summed E-state index contributed by atoms with van der Waals surface area (Å²) in [6, 6.07) is 3.80. The minimum Gasteiger partial charge on any atom is -0.396 e. The first-order valence-corrected chi connectivity index (χ1v) is 5.27. The van der Waals surface area contributed by atoms with E-state index in [1.54, 1.807) is 0 Å². The fourth-order valence-electron chi connectivity index (χ4n) is 1.17. The highest BCUT2D eigenvalue weighted by atomic mass is 35.5. The summed E-state index contributed by atoms with van der Waals surface area (Å²) in [5, 5.41) is 21.8. The third kappa shape index (κ3) is 4.01. The number of aliphatic hydroxyl groups excluding tert-OH is 1. The molecule has 0 aliphatic carbocycles. The number of nitro benzene ring substituents is 1. The normalized spacial score (nSPS) is 10.0. The highest BCUT2D eigenvalue weighted by Crippen LogP contribution is 2.26. The lowest BCUT2D eigenvalue weighted by Crippen LogP contribution is -2.12. The summed E-state index contributed by atoms with van der Waals surface area (Å²) in [7, 11) is 0. The smallest absolute Gasteiger partial charge is 0.271 e. The van der Waals surface area contributed by atoms with Gasteiger partial charge in [0.25, 0.3) is 5.69 Å². The number of nitro groups is 1. The van der Waals surface area contributed by atoms with Crippen LogP contribution in [0.2, 0.25) is 5.02 Å². The van der Waals surface area contributed by atoms with Crippen LogP contribution in [0.1, 0.15) is 12.8 Å². The minimum atomic E-state index is -0.570. The van der Waals surface area contributed by atoms with Crippen molar-refractivity contribution < 1.29 is 14.8 Å². The van der Waals surface area contributed by atoms with Gasteiger partial charge in [-0.05, 0) is 12.5 Å². The van der Waals surface area contributed by atoms with Crippen LogP contribution in [0.4, 0.5) is 11.4 Å². The number of rotatable bonds is 5. The standard InChI is InChI=1S/C10H11ClN2O4/c11-8-4-3-7(13(16)17)6-9(8)12-10(15)2-1-5-14/h3-4,6,14H,1-2,5H2,(H,12,15). The molecular weight excluding hydrogens is 248 g/mol. The maximum absolute atomic E-state index is 11.4. The first kappa shape index (κ1) is 13.4. The highest BCUT2D eigenvalue weighted by Gasteiger charge is 2.11. The molecule has 0 spiro atoms. The Morgan fingerprint density at radius 1 is 1.53 bits per heavy atom. The molecule has 2 N–H and O–H groups in total. The lowest BCUT2D eigenvalue weighted by atomic mass is 10.2. The van der Waals surface area contributed by atoms with Gasteiger partial charge in [0.2, 0.25) is 5.91 Å². The number of hydrogen-bond acceptors (Lipinski definition) is 4. The second-order valence-corrected chi connectivity index (χ2v) is 3.70. The number of halogens is 1. The molecular formula is C10H11ClN2O4. The Kier molecular flexibility index (Phi) is 4.86. The second-order valence-electron chi connectivity index (χ2n) is 3.30. The van der Waals surface area contributed by atoms with E-state index in [1.165, 1.54) is 18.2 Å². The maximum atomic E-state index is 11.4. The molecule has 0 atom stereocenters. The fraction of sp³-hybridized carbons (Fsp3) is 0.300. The highest BCUT2D eigenvalue weighted by molar-refractivity contribution is 6.33. The van der Waals surface area contributed by atoms with E-state index in [0.29, 0.717) is 6.42 Å². The van der Waals surface area contributed by atoms with Crippen LogP contribution >= 0.6 is 11.6 Å². The van der Waals surface area contributed by atoms with Gasteiger partial charge < -0.3 is 10.4 Å². The molecule has 0 aromatic heterocycles. The Morgan fingerprint density at radius 2 is 2.24 bits per heavy atom. The van der Waals surface area contributed by atoms with Gasteiger partial charge in [-0.2, -0.15) is 0 Å². The molecule has 1 aromatic carbocycles. The zero-order valence-electron chi connectivity index (χ0n) is 8.85. The third-order valence-corrected chi connectivity index (χ3v) is 2.33. The van der Waals surface area contributed by atoms with Crippen molar-refractivity contribution in [2.45, 2.75) is 12.8 Å². The average molecular weight is 259 g/mol. The number of hydrogen-bond donors (Lipinski definition) is 2. The van der Waals surface area contributed by atoms with Crippen molar-refractivity contribution in [2.75, 3.05) is 11.9 Å². The third-order valence-electron chi connectivity index (χ3n) is 2.00. The number of benzene rings is 1. The number of nitrogens with one attached hydrogen (secondary N) is 1. The monoisotopic (exact) mass is 258 g/mol. The van der Waals surface area contributed by atoms with E-state index in [4.69, 9.17) is 16.7 Å². The lowest BCUT2D eigenvalue weighted by molar-refractivity contribution is -0.384. The topological polar surface area (TPSA) is 92.5 Å². The number of non-ortho nitro benzene ring substituents is 1. The van der Waals surface area contributed by atoms with E-state index in [2.05, 4.69) is 5.32 Å². The van der Waals surface area contributed by atoms with Crippen LogP contribution < -0.4 is 5.32 Å². The van der Waals surface area contributed by atoms with Gasteiger partial charge in [-0.1, -0.05) is 11.6 Å². The first-order chi connectivity index (χ1) is 8.04. The molecule has 1 aromatic rings. The SMILES string of the molecule is O=C(CCCO)Nc1cc([N+](=O)[O-])ccc1Cl. The zero-order valence-corrected chi connectivity index (χ0v) is 9.61. The molecule has 92 valence electrons. The lowest BCUT2D eigenvalue weighted by Gasteiger charge is -2.06. The molecule has 0 aliphatic rings. The maximum Gasteiger partial charge on any atom is 0.271 e. The number of carbonyl (C=O) groups excluding carboxylic acids is 1. The largest absolute Gasteiger partial charge is 0.396 e. The average Bonchev–Trinajstić information content (AvgIpc) is 2.29. The van der Waals surface area contributed by atoms with Gasteiger partial charge in [0, 0.05) is 25.2 Å². The summed E-state index contributed by atoms with van der Waals surface area (Å²) in [4.78, 5) is 21.3. The van der Waals surface area contributed by atoms with E-state index in [9.17, 15) is 14.9 Å². The fourth-order valence-corrected chi connectivity index (χ4v) is 1.34. The summed E-state index contributed by atoms with van der Waals surface area (Å²) in [5.41, 5.74) is 0.0515. The number of anilines is 1. The van der Waals surface area contributed by atoms with Crippen LogP contribution in [0.3, 0.4) is 0 Å². The molecule has 0 unspecified atom stereocenters. The van der Waals surface area contributed by atoms with Gasteiger partial charge in [0.1, 0.15) is 0 Å². The van der Waals surface area contributed by atoms with E-state index in [-0.39, 0.29) is 35.3 Å². The molecule has 0 radical (unpaired) electrons. The molecule has 0 aliphatic heterocycles. The molecule has 1 rings (SSSR count). The van der Waals surface area contributed by atoms with Crippen LogP contribution in [0, 0.1) is 10.1 Å². The van der Waals surface area contributed by atoms with Crippen molar-refractivity contribution in [3.05, 3.63) is 33.3 Å². The minimum absolute atomic E-state index is 0.0872. The number of carbonyl (C=O) groups is 1. The van der Waals surface area contributed by atoms with Gasteiger partial charge in [-0.15, -0.1) is 0 Å². The first-order valence-electron chi connectivity index (χ1n) is 4.89. The van der Waals surface area contributed by atoms with Crippen molar-refractivity contribution in [2.24, 2.45) is 0 Å². The number of aliphatic hydroxyl groups is 1. The molecule has 0 heterocycles. The predicted molar refractivity (Wildman–Crippen MR) is 63.1 cm³/mol. The van der Waals surface area contributed by atoms with Gasteiger partial charge >= 0.3 is 0 Å². The van der Waals surface area contributed by atoms with Gasteiger partial charge in [0.15, 0.2) is 0 Å². The Labute approximate surface area is 102 Å². The van der Waals surface area contributed by atoms with Crippen LogP contribution in [0.15, 0.2) is 18.2 Å². The van der Waals surface area contributed by atoms with Gasteiger partial charge in [-0.3, -0.25) is 14.9 Å². The molecule has 0 saturated heterocycles. The molecule has 0 fully saturated rings. The number of amides is 1. The van der Waals surface area contributed by atoms with Crippen molar-refractivity contribution in [3.63, 3.8) is 0 Å². The van der Waals surface area contributed by atoms with Crippen molar-refractivity contribution in [3.8, 4) is 0 Å². The Hall–Kier alpha value is -1.66. The van der Waals surface area contributed by atoms with Crippen LogP contribution in [0.25, 0.3) is 0 Å². The Balaban J connectivity index is 2.79. The predicted octanol–water partition coefficient (Wildman–Crippen LogP) is 1.96.